The van der Waals surface area contributed by atoms with E-state index in [4.69, 9.17) is 0 Å². The Bertz CT molecular complexity index is 473. The normalized spacial score (nSPS) is 26.8. The lowest BCUT2D eigenvalue weighted by Crippen LogP contribution is -2.32. The molecule has 2 aliphatic rings. The van der Waals surface area contributed by atoms with Gasteiger partial charge in [0, 0.05) is 11.6 Å². The minimum absolute atomic E-state index is 0.0371. The maximum Gasteiger partial charge on any atom is 0.232 e. The van der Waals surface area contributed by atoms with Gasteiger partial charge in [0.1, 0.15) is 0 Å². The van der Waals surface area contributed by atoms with E-state index in [0.717, 1.165) is 5.69 Å². The van der Waals surface area contributed by atoms with Crippen LogP contribution in [0.15, 0.2) is 48.6 Å². The molecular weight excluding hydrogens is 186 g/mol. The Morgan fingerprint density at radius 3 is 2.60 bits per heavy atom. The van der Waals surface area contributed by atoms with Gasteiger partial charge >= 0.3 is 0 Å². The number of para-hydroxylation sites is 1. The molecule has 1 aromatic rings. The van der Waals surface area contributed by atoms with Gasteiger partial charge in [0.15, 0.2) is 0 Å². The third kappa shape index (κ3) is 1.22. The van der Waals surface area contributed by atoms with Crippen LogP contribution in [0.25, 0.3) is 0 Å². The second kappa shape index (κ2) is 3.09. The first-order valence-electron chi connectivity index (χ1n) is 5.11. The highest BCUT2D eigenvalue weighted by Gasteiger charge is 2.32. The number of amides is 1. The third-order valence-corrected chi connectivity index (χ3v) is 3.02. The third-order valence-electron chi connectivity index (χ3n) is 3.02. The molecule has 1 amide bonds. The molecule has 3 rings (SSSR count). The lowest BCUT2D eigenvalue weighted by Gasteiger charge is -2.30. The van der Waals surface area contributed by atoms with Gasteiger partial charge in [0.25, 0.3) is 0 Å². The van der Waals surface area contributed by atoms with Crippen LogP contribution in [-0.4, -0.2) is 5.91 Å². The molecule has 1 N–H and O–H groups in total. The minimum Gasteiger partial charge on any atom is -0.325 e. The van der Waals surface area contributed by atoms with Crippen molar-refractivity contribution in [2.24, 2.45) is 5.92 Å². The van der Waals surface area contributed by atoms with E-state index in [1.54, 1.807) is 0 Å². The van der Waals surface area contributed by atoms with Crippen LogP contribution in [0.3, 0.4) is 0 Å². The summed E-state index contributed by atoms with van der Waals surface area (Å²) in [7, 11) is 0. The highest BCUT2D eigenvalue weighted by Crippen LogP contribution is 2.38. The van der Waals surface area contributed by atoms with E-state index < -0.39 is 0 Å². The SMILES string of the molecule is O=C1Nc2ccccc2C2C=CC=CC12. The number of carbonyl (C=O) groups excluding carboxylic acids is 1. The van der Waals surface area contributed by atoms with Gasteiger partial charge in [-0.1, -0.05) is 42.5 Å². The Morgan fingerprint density at radius 1 is 1.00 bits per heavy atom. The van der Waals surface area contributed by atoms with Gasteiger partial charge in [-0.3, -0.25) is 4.79 Å². The zero-order valence-electron chi connectivity index (χ0n) is 8.18. The predicted octanol–water partition coefficient (Wildman–Crippen LogP) is 2.46. The summed E-state index contributed by atoms with van der Waals surface area (Å²) < 4.78 is 0. The number of fused-ring (bicyclic) bond motifs is 3. The van der Waals surface area contributed by atoms with Crippen molar-refractivity contribution in [1.29, 1.82) is 0 Å². The van der Waals surface area contributed by atoms with Crippen molar-refractivity contribution < 1.29 is 4.79 Å². The molecule has 2 nitrogen and oxygen atoms in total. The largest absolute Gasteiger partial charge is 0.325 e. The van der Waals surface area contributed by atoms with Crippen LogP contribution in [0.1, 0.15) is 11.5 Å². The molecule has 74 valence electrons. The fraction of sp³-hybridized carbons (Fsp3) is 0.154. The van der Waals surface area contributed by atoms with Crippen LogP contribution >= 0.6 is 0 Å². The van der Waals surface area contributed by atoms with Gasteiger partial charge in [0.05, 0.1) is 5.92 Å². The molecule has 0 saturated carbocycles. The summed E-state index contributed by atoms with van der Waals surface area (Å²) in [5.41, 5.74) is 2.16. The average Bonchev–Trinajstić information content (AvgIpc) is 2.30. The standard InChI is InChI=1S/C13H11NO/c15-13-11-7-2-1-5-9(11)10-6-3-4-8-12(10)14-13/h1-9,11H,(H,14,15). The number of anilines is 1. The average molecular weight is 197 g/mol. The Morgan fingerprint density at radius 2 is 1.73 bits per heavy atom. The highest BCUT2D eigenvalue weighted by atomic mass is 16.1. The molecule has 0 saturated heterocycles. The van der Waals surface area contributed by atoms with Gasteiger partial charge < -0.3 is 5.32 Å². The lowest BCUT2D eigenvalue weighted by molar-refractivity contribution is -0.119. The molecule has 1 aromatic carbocycles. The Labute approximate surface area is 88.3 Å². The van der Waals surface area contributed by atoms with Gasteiger partial charge in [-0.15, -0.1) is 0 Å². The second-order valence-corrected chi connectivity index (χ2v) is 3.90. The fourth-order valence-electron chi connectivity index (χ4n) is 2.27. The van der Waals surface area contributed by atoms with E-state index in [0.29, 0.717) is 0 Å². The quantitative estimate of drug-likeness (QED) is 0.680. The summed E-state index contributed by atoms with van der Waals surface area (Å²) in [6.07, 6.45) is 8.02. The molecule has 2 atom stereocenters. The zero-order valence-corrected chi connectivity index (χ0v) is 8.18. The molecule has 2 heteroatoms. The van der Waals surface area contributed by atoms with Crippen LogP contribution in [0.5, 0.6) is 0 Å². The maximum absolute atomic E-state index is 11.8. The van der Waals surface area contributed by atoms with E-state index in [2.05, 4.69) is 17.5 Å². The minimum atomic E-state index is -0.0371. The summed E-state index contributed by atoms with van der Waals surface area (Å²) in [5.74, 6) is 0.268. The Hall–Kier alpha value is -1.83. The van der Waals surface area contributed by atoms with E-state index in [-0.39, 0.29) is 17.7 Å². The number of benzene rings is 1. The monoisotopic (exact) mass is 197 g/mol. The van der Waals surface area contributed by atoms with Crippen LogP contribution in [0.2, 0.25) is 0 Å². The summed E-state index contributed by atoms with van der Waals surface area (Å²) >= 11 is 0. The molecule has 2 unspecified atom stereocenters. The van der Waals surface area contributed by atoms with Crippen LogP contribution in [0.4, 0.5) is 5.69 Å². The second-order valence-electron chi connectivity index (χ2n) is 3.90. The van der Waals surface area contributed by atoms with Crippen molar-refractivity contribution in [2.75, 3.05) is 5.32 Å². The Kier molecular flexibility index (Phi) is 1.75. The molecule has 0 aromatic heterocycles. The van der Waals surface area contributed by atoms with Crippen molar-refractivity contribution in [3.8, 4) is 0 Å². The van der Waals surface area contributed by atoms with E-state index >= 15 is 0 Å². The number of carbonyl (C=O) groups is 1. The smallest absolute Gasteiger partial charge is 0.232 e. The maximum atomic E-state index is 11.8. The first kappa shape index (κ1) is 8.48. The highest BCUT2D eigenvalue weighted by molar-refractivity contribution is 5.98. The van der Waals surface area contributed by atoms with Crippen molar-refractivity contribution in [3.63, 3.8) is 0 Å². The van der Waals surface area contributed by atoms with Crippen LogP contribution in [-0.2, 0) is 4.79 Å². The summed E-state index contributed by atoms with van der Waals surface area (Å²) in [6.45, 7) is 0. The number of hydrogen-bond acceptors (Lipinski definition) is 1. The Balaban J connectivity index is 2.15. The number of allylic oxidation sites excluding steroid dienone is 3. The van der Waals surface area contributed by atoms with Crippen LogP contribution in [0, 0.1) is 5.92 Å². The molecule has 1 heterocycles. The molecule has 0 radical (unpaired) electrons. The van der Waals surface area contributed by atoms with Gasteiger partial charge in [-0.25, -0.2) is 0 Å². The number of rotatable bonds is 0. The van der Waals surface area contributed by atoms with Crippen molar-refractivity contribution in [2.45, 2.75) is 5.92 Å². The van der Waals surface area contributed by atoms with Crippen LogP contribution < -0.4 is 5.32 Å². The number of hydrogen-bond donors (Lipinski definition) is 1. The molecular formula is C13H11NO. The van der Waals surface area contributed by atoms with E-state index in [9.17, 15) is 4.79 Å². The zero-order chi connectivity index (χ0) is 10.3. The summed E-state index contributed by atoms with van der Waals surface area (Å²) in [6, 6.07) is 7.99. The predicted molar refractivity (Wildman–Crippen MR) is 59.6 cm³/mol. The van der Waals surface area contributed by atoms with E-state index in [1.807, 2.05) is 36.4 Å². The summed E-state index contributed by atoms with van der Waals surface area (Å²) in [5, 5.41) is 2.94. The molecule has 0 bridgehead atoms. The van der Waals surface area contributed by atoms with Gasteiger partial charge in [0.2, 0.25) is 5.91 Å². The molecule has 15 heavy (non-hydrogen) atoms. The molecule has 1 aliphatic carbocycles. The number of nitrogens with one attached hydrogen (secondary N) is 1. The summed E-state index contributed by atoms with van der Waals surface area (Å²) in [4.78, 5) is 11.8. The topological polar surface area (TPSA) is 29.1 Å². The van der Waals surface area contributed by atoms with Crippen molar-refractivity contribution >= 4 is 11.6 Å². The van der Waals surface area contributed by atoms with Gasteiger partial charge in [-0.05, 0) is 11.6 Å². The molecule has 0 spiro atoms. The first-order valence-corrected chi connectivity index (χ1v) is 5.11. The lowest BCUT2D eigenvalue weighted by atomic mass is 9.79. The van der Waals surface area contributed by atoms with Crippen molar-refractivity contribution in [1.82, 2.24) is 0 Å². The van der Waals surface area contributed by atoms with Gasteiger partial charge in [-0.2, -0.15) is 0 Å². The van der Waals surface area contributed by atoms with Crippen molar-refractivity contribution in [3.05, 3.63) is 54.1 Å². The molecule has 1 aliphatic heterocycles. The fourth-order valence-corrected chi connectivity index (χ4v) is 2.27. The molecule has 0 fully saturated rings. The first-order chi connectivity index (χ1) is 7.36. The van der Waals surface area contributed by atoms with E-state index in [1.165, 1.54) is 5.56 Å².